The van der Waals surface area contributed by atoms with Gasteiger partial charge in [-0.15, -0.1) is 11.3 Å². The van der Waals surface area contributed by atoms with Gasteiger partial charge in [0.2, 0.25) is 11.5 Å². The van der Waals surface area contributed by atoms with Crippen LogP contribution in [0.25, 0.3) is 0 Å². The van der Waals surface area contributed by atoms with E-state index in [-0.39, 0.29) is 27.0 Å². The third-order valence-corrected chi connectivity index (χ3v) is 5.81. The van der Waals surface area contributed by atoms with Crippen LogP contribution in [0.4, 0.5) is 23.2 Å². The average molecular weight is 453 g/mol. The van der Waals surface area contributed by atoms with Crippen LogP contribution in [0.1, 0.15) is 9.88 Å². The average Bonchev–Trinajstić information content (AvgIpc) is 3.11. The molecular formula is C15H9ClF4N4O2S2. The smallest absolute Gasteiger partial charge is 0.443 e. The number of hydrogen-bond donors (Lipinski definition) is 1. The number of rotatable bonds is 3. The number of allylic oxidation sites excluding steroid dienone is 1. The zero-order valence-electron chi connectivity index (χ0n) is 13.8. The van der Waals surface area contributed by atoms with E-state index in [0.717, 1.165) is 16.6 Å². The van der Waals surface area contributed by atoms with E-state index in [4.69, 9.17) is 11.6 Å². The second-order valence-electron chi connectivity index (χ2n) is 5.34. The predicted molar refractivity (Wildman–Crippen MR) is 97.7 cm³/mol. The van der Waals surface area contributed by atoms with Crippen LogP contribution in [0.15, 0.2) is 40.6 Å². The maximum Gasteiger partial charge on any atom is 0.443 e. The molecule has 0 bridgehead atoms. The number of hydrogen-bond acceptors (Lipinski definition) is 6. The third-order valence-electron chi connectivity index (χ3n) is 3.43. The molecule has 0 fully saturated rings. The normalized spacial score (nSPS) is 17.2. The number of aromatic nitrogens is 1. The van der Waals surface area contributed by atoms with Crippen LogP contribution in [0.2, 0.25) is 5.02 Å². The Morgan fingerprint density at radius 1 is 1.39 bits per heavy atom. The highest BCUT2D eigenvalue weighted by Crippen LogP contribution is 2.33. The fraction of sp³-hybridized carbons (Fsp3) is 0.133. The summed E-state index contributed by atoms with van der Waals surface area (Å²) in [6.45, 7) is 0. The molecule has 1 atom stereocenters. The van der Waals surface area contributed by atoms with Crippen molar-refractivity contribution in [1.82, 2.24) is 9.29 Å². The second kappa shape index (κ2) is 7.70. The van der Waals surface area contributed by atoms with Gasteiger partial charge in [-0.05, 0) is 22.6 Å². The van der Waals surface area contributed by atoms with Crippen LogP contribution in [0.3, 0.4) is 0 Å². The molecule has 1 amide bonds. The van der Waals surface area contributed by atoms with Crippen molar-refractivity contribution in [3.8, 4) is 0 Å². The van der Waals surface area contributed by atoms with Gasteiger partial charge in [0.05, 0.1) is 16.9 Å². The summed E-state index contributed by atoms with van der Waals surface area (Å²) in [7, 11) is 1.33. The lowest BCUT2D eigenvalue weighted by Crippen LogP contribution is -2.35. The Morgan fingerprint density at radius 2 is 2.11 bits per heavy atom. The van der Waals surface area contributed by atoms with Gasteiger partial charge >= 0.3 is 6.18 Å². The SMILES string of the molecule is CN1C(C(=O)Nc2ccc(F)c(Cl)c2)=CC(c2cnc(C(F)(F)F)s2)=N[S+]1[O-]. The van der Waals surface area contributed by atoms with Gasteiger partial charge < -0.3 is 9.87 Å². The fourth-order valence-corrected chi connectivity index (χ4v) is 3.82. The van der Waals surface area contributed by atoms with Crippen molar-refractivity contribution < 1.29 is 26.9 Å². The van der Waals surface area contributed by atoms with Gasteiger partial charge in [0.15, 0.2) is 10.7 Å². The molecule has 1 aromatic carbocycles. The molecule has 2 heterocycles. The molecule has 1 aliphatic heterocycles. The van der Waals surface area contributed by atoms with Crippen LogP contribution >= 0.6 is 22.9 Å². The van der Waals surface area contributed by atoms with E-state index in [1.165, 1.54) is 25.3 Å². The first-order valence-corrected chi connectivity index (χ1v) is 9.58. The minimum absolute atomic E-state index is 0.00361. The van der Waals surface area contributed by atoms with E-state index in [1.54, 1.807) is 0 Å². The van der Waals surface area contributed by atoms with Gasteiger partial charge in [0, 0.05) is 18.0 Å². The summed E-state index contributed by atoms with van der Waals surface area (Å²) < 4.78 is 68.4. The molecule has 0 radical (unpaired) electrons. The maximum atomic E-state index is 13.2. The number of likely N-dealkylation sites (N-methyl/N-ethyl adjacent to an activating group) is 1. The molecule has 28 heavy (non-hydrogen) atoms. The largest absolute Gasteiger partial charge is 0.566 e. The van der Waals surface area contributed by atoms with E-state index < -0.39 is 34.5 Å². The fourth-order valence-electron chi connectivity index (χ4n) is 2.09. The molecule has 1 unspecified atom stereocenters. The lowest BCUT2D eigenvalue weighted by atomic mass is 10.2. The molecule has 1 aromatic heterocycles. The summed E-state index contributed by atoms with van der Waals surface area (Å²) in [6, 6.07) is 3.51. The quantitative estimate of drug-likeness (QED) is 0.567. The summed E-state index contributed by atoms with van der Waals surface area (Å²) in [6.07, 6.45) is -2.49. The van der Waals surface area contributed by atoms with E-state index in [2.05, 4.69) is 14.7 Å². The summed E-state index contributed by atoms with van der Waals surface area (Å²) in [5.74, 6) is -1.40. The lowest BCUT2D eigenvalue weighted by molar-refractivity contribution is -0.137. The summed E-state index contributed by atoms with van der Waals surface area (Å²) in [5, 5.41) is 1.15. The Labute approximate surface area is 168 Å². The molecule has 0 saturated carbocycles. The lowest BCUT2D eigenvalue weighted by Gasteiger charge is -2.23. The van der Waals surface area contributed by atoms with Crippen molar-refractivity contribution in [3.05, 3.63) is 56.9 Å². The Balaban J connectivity index is 1.88. The van der Waals surface area contributed by atoms with Gasteiger partial charge in [0.25, 0.3) is 5.91 Å². The van der Waals surface area contributed by atoms with E-state index in [1.807, 2.05) is 0 Å². The Hall–Kier alpha value is -2.15. The molecule has 2 aromatic rings. The van der Waals surface area contributed by atoms with Crippen LogP contribution in [0.5, 0.6) is 0 Å². The highest BCUT2D eigenvalue weighted by atomic mass is 35.5. The third kappa shape index (κ3) is 4.29. The van der Waals surface area contributed by atoms with Crippen LogP contribution < -0.4 is 5.32 Å². The first-order chi connectivity index (χ1) is 13.1. The molecule has 6 nitrogen and oxygen atoms in total. The second-order valence-corrected chi connectivity index (χ2v) is 7.97. The molecule has 0 aliphatic carbocycles. The molecule has 1 aliphatic rings. The molecule has 13 heteroatoms. The topological polar surface area (TPSA) is 80.7 Å². The Bertz CT molecular complexity index is 993. The predicted octanol–water partition coefficient (Wildman–Crippen LogP) is 3.79. The van der Waals surface area contributed by atoms with Gasteiger partial charge in [-0.2, -0.15) is 17.5 Å². The standard InChI is InChI=1S/C15H9ClF4N4O2S2/c1-24-11(13(25)22-7-2-3-9(17)8(16)4-7)5-10(23-28(24)26)12-6-21-14(27-12)15(18,19)20/h2-6H,1H3,(H,22,25). The van der Waals surface area contributed by atoms with Gasteiger partial charge in [-0.3, -0.25) is 4.79 Å². The number of nitrogens with zero attached hydrogens (tertiary/aromatic N) is 3. The van der Waals surface area contributed by atoms with Crippen molar-refractivity contribution >= 4 is 51.8 Å². The van der Waals surface area contributed by atoms with Crippen molar-refractivity contribution in [3.63, 3.8) is 0 Å². The summed E-state index contributed by atoms with van der Waals surface area (Å²) >= 11 is 3.94. The van der Waals surface area contributed by atoms with Crippen LogP contribution in [0, 0.1) is 5.82 Å². The van der Waals surface area contributed by atoms with Crippen molar-refractivity contribution in [1.29, 1.82) is 0 Å². The van der Waals surface area contributed by atoms with Crippen molar-refractivity contribution in [2.24, 2.45) is 4.40 Å². The number of nitrogens with one attached hydrogen (secondary N) is 1. The first kappa shape index (κ1) is 20.6. The number of anilines is 1. The first-order valence-electron chi connectivity index (χ1n) is 7.32. The zero-order chi connectivity index (χ0) is 20.6. The Morgan fingerprint density at radius 3 is 2.71 bits per heavy atom. The molecular weight excluding hydrogens is 444 g/mol. The van der Waals surface area contributed by atoms with Gasteiger partial charge in [-0.1, -0.05) is 11.6 Å². The number of amides is 1. The van der Waals surface area contributed by atoms with Crippen molar-refractivity contribution in [2.45, 2.75) is 6.18 Å². The van der Waals surface area contributed by atoms with E-state index in [9.17, 15) is 26.9 Å². The highest BCUT2D eigenvalue weighted by molar-refractivity contribution is 7.88. The summed E-state index contributed by atoms with van der Waals surface area (Å²) in [4.78, 5) is 15.8. The Kier molecular flexibility index (Phi) is 5.66. The number of halogens is 5. The number of carbonyl (C=O) groups excluding carboxylic acids is 1. The molecule has 1 N–H and O–H groups in total. The number of thiazole rings is 1. The van der Waals surface area contributed by atoms with Gasteiger partial charge in [0.1, 0.15) is 11.5 Å². The van der Waals surface area contributed by atoms with Gasteiger partial charge in [-0.25, -0.2) is 9.37 Å². The van der Waals surface area contributed by atoms with E-state index >= 15 is 0 Å². The molecule has 0 saturated heterocycles. The minimum Gasteiger partial charge on any atom is -0.566 e. The van der Waals surface area contributed by atoms with Crippen molar-refractivity contribution in [2.75, 3.05) is 12.4 Å². The van der Waals surface area contributed by atoms with Crippen LogP contribution in [-0.2, 0) is 22.5 Å². The minimum atomic E-state index is -4.63. The van der Waals surface area contributed by atoms with Crippen LogP contribution in [-0.4, -0.2) is 32.5 Å². The molecule has 3 rings (SSSR count). The van der Waals surface area contributed by atoms with E-state index in [0.29, 0.717) is 11.3 Å². The number of carbonyl (C=O) groups is 1. The summed E-state index contributed by atoms with van der Waals surface area (Å²) in [5.41, 5.74) is -0.0184. The number of benzene rings is 1. The maximum absolute atomic E-state index is 13.2. The zero-order valence-corrected chi connectivity index (χ0v) is 16.1. The number of alkyl halides is 3. The molecule has 0 spiro atoms. The molecule has 148 valence electrons. The highest BCUT2D eigenvalue weighted by Gasteiger charge is 2.36. The monoisotopic (exact) mass is 452 g/mol.